The van der Waals surface area contributed by atoms with Gasteiger partial charge in [-0.05, 0) is 25.7 Å². The van der Waals surface area contributed by atoms with Crippen LogP contribution in [0.25, 0.3) is 0 Å². The maximum absolute atomic E-state index is 11.1. The number of hydrogen-bond donors (Lipinski definition) is 1. The van der Waals surface area contributed by atoms with Crippen LogP contribution in [0.4, 0.5) is 0 Å². The van der Waals surface area contributed by atoms with Crippen LogP contribution in [0, 0.1) is 0 Å². The van der Waals surface area contributed by atoms with Gasteiger partial charge in [-0.1, -0.05) is 38.3 Å². The number of nitrogens with two attached hydrogens (primary N) is 1. The number of carboxylic acids is 1. The molecule has 1 heterocycles. The summed E-state index contributed by atoms with van der Waals surface area (Å²) in [6.45, 7) is 3.86. The zero-order chi connectivity index (χ0) is 17.1. The molecular formula is C18H31N3O2. The van der Waals surface area contributed by atoms with Crippen LogP contribution in [0.3, 0.4) is 0 Å². The Morgan fingerprint density at radius 3 is 2.65 bits per heavy atom. The number of carbonyl (C=O) groups excluding carboxylic acids is 1. The fourth-order valence-corrected chi connectivity index (χ4v) is 2.88. The molecule has 2 atom stereocenters. The van der Waals surface area contributed by atoms with Gasteiger partial charge >= 0.3 is 0 Å². The van der Waals surface area contributed by atoms with E-state index < -0.39 is 5.97 Å². The highest BCUT2D eigenvalue weighted by atomic mass is 16.4. The Bertz CT molecular complexity index is 455. The lowest BCUT2D eigenvalue weighted by molar-refractivity contribution is -0.808. The molecule has 0 bridgehead atoms. The Balaban J connectivity index is 2.32. The van der Waals surface area contributed by atoms with Crippen molar-refractivity contribution < 1.29 is 14.4 Å². The quantitative estimate of drug-likeness (QED) is 0.341. The molecule has 2 unspecified atom stereocenters. The zero-order valence-electron chi connectivity index (χ0n) is 14.5. The summed E-state index contributed by atoms with van der Waals surface area (Å²) in [5.41, 5.74) is 6.02. The minimum atomic E-state index is -1.10. The number of unbranched alkanes of at least 4 members (excludes halogenated alkanes) is 5. The zero-order valence-corrected chi connectivity index (χ0v) is 14.5. The predicted molar refractivity (Wildman–Crippen MR) is 92.1 cm³/mol. The highest BCUT2D eigenvalue weighted by Crippen LogP contribution is 2.23. The van der Waals surface area contributed by atoms with Gasteiger partial charge in [0, 0.05) is 13.3 Å². The van der Waals surface area contributed by atoms with Crippen LogP contribution in [0.5, 0.6) is 0 Å². The molecule has 1 aliphatic rings. The number of carboxylic acid groups (broad SMARTS) is 1. The molecule has 0 aromatic heterocycles. The minimum absolute atomic E-state index is 0.0993. The van der Waals surface area contributed by atoms with E-state index in [0.717, 1.165) is 31.5 Å². The Kier molecular flexibility index (Phi) is 8.81. The number of hydrogen-bond acceptors (Lipinski definition) is 4. The minimum Gasteiger partial charge on any atom is -0.544 e. The maximum atomic E-state index is 11.1. The topological polar surface area (TPSA) is 78.5 Å². The van der Waals surface area contributed by atoms with Crippen LogP contribution in [0.15, 0.2) is 29.5 Å². The fourth-order valence-electron chi connectivity index (χ4n) is 2.88. The van der Waals surface area contributed by atoms with E-state index in [4.69, 9.17) is 5.73 Å². The van der Waals surface area contributed by atoms with Gasteiger partial charge in [0.2, 0.25) is 5.84 Å². The Morgan fingerprint density at radius 2 is 2.00 bits per heavy atom. The summed E-state index contributed by atoms with van der Waals surface area (Å²) in [6.07, 6.45) is 16.5. The molecule has 0 fully saturated rings. The fraction of sp³-hybridized carbons (Fsp3) is 0.667. The van der Waals surface area contributed by atoms with Gasteiger partial charge in [0.25, 0.3) is 0 Å². The van der Waals surface area contributed by atoms with Crippen LogP contribution < -0.4 is 10.8 Å². The number of allylic oxidation sites excluding steroid dienone is 2. The number of quaternary nitrogens is 1. The molecule has 5 heteroatoms. The van der Waals surface area contributed by atoms with Gasteiger partial charge in [-0.15, -0.1) is 0 Å². The third kappa shape index (κ3) is 6.28. The maximum Gasteiger partial charge on any atom is 0.209 e. The molecule has 2 N–H and O–H groups in total. The van der Waals surface area contributed by atoms with E-state index in [0.29, 0.717) is 0 Å². The van der Waals surface area contributed by atoms with Crippen molar-refractivity contribution in [1.29, 1.82) is 0 Å². The second-order valence-electron chi connectivity index (χ2n) is 6.26. The first kappa shape index (κ1) is 19.6. The largest absolute Gasteiger partial charge is 0.544 e. The molecule has 0 amide bonds. The Morgan fingerprint density at radius 1 is 1.30 bits per heavy atom. The van der Waals surface area contributed by atoms with E-state index in [1.54, 1.807) is 12.4 Å². The van der Waals surface area contributed by atoms with Crippen molar-refractivity contribution in [2.24, 2.45) is 10.7 Å². The molecule has 5 nitrogen and oxygen atoms in total. The van der Waals surface area contributed by atoms with E-state index in [9.17, 15) is 9.90 Å². The van der Waals surface area contributed by atoms with E-state index in [2.05, 4.69) is 24.1 Å². The van der Waals surface area contributed by atoms with Gasteiger partial charge in [-0.2, -0.15) is 0 Å². The normalized spacial score (nSPS) is 21.8. The van der Waals surface area contributed by atoms with Crippen LogP contribution in [0.2, 0.25) is 0 Å². The summed E-state index contributed by atoms with van der Waals surface area (Å²) in [5, 5.41) is 11.1. The first-order valence-electron chi connectivity index (χ1n) is 8.75. The van der Waals surface area contributed by atoms with Gasteiger partial charge in [-0.3, -0.25) is 5.73 Å². The summed E-state index contributed by atoms with van der Waals surface area (Å²) in [6, 6.07) is 0. The Hall–Kier alpha value is -1.46. The average Bonchev–Trinajstić information content (AvgIpc) is 2.89. The summed E-state index contributed by atoms with van der Waals surface area (Å²) in [5.74, 6) is -0.257. The van der Waals surface area contributed by atoms with E-state index >= 15 is 0 Å². The standard InChI is InChI=1S/C18H31N3O2/c1-3-4-5-6-7-8-9-10-11-12-17-20-13-14-21(17,16(2)19)15-18(22)23/h5-6,13-14,16H,3-4,7-12,15,19H2,1-2H3/b6-5+. The van der Waals surface area contributed by atoms with Crippen molar-refractivity contribution >= 4 is 11.8 Å². The summed E-state index contributed by atoms with van der Waals surface area (Å²) in [4.78, 5) is 15.4. The average molecular weight is 321 g/mol. The second kappa shape index (κ2) is 10.3. The third-order valence-electron chi connectivity index (χ3n) is 4.30. The van der Waals surface area contributed by atoms with E-state index in [1.807, 2.05) is 6.92 Å². The lowest BCUT2D eigenvalue weighted by Gasteiger charge is -2.36. The van der Waals surface area contributed by atoms with Crippen molar-refractivity contribution in [2.75, 3.05) is 6.54 Å². The summed E-state index contributed by atoms with van der Waals surface area (Å²) >= 11 is 0. The lowest BCUT2D eigenvalue weighted by atomic mass is 10.1. The molecule has 0 spiro atoms. The van der Waals surface area contributed by atoms with Crippen LogP contribution >= 0.6 is 0 Å². The number of amidine groups is 1. The number of aliphatic imine (C=N–C) groups is 1. The first-order valence-corrected chi connectivity index (χ1v) is 8.75. The number of rotatable bonds is 12. The van der Waals surface area contributed by atoms with Crippen LogP contribution in [0.1, 0.15) is 65.2 Å². The molecule has 1 aliphatic heterocycles. The third-order valence-corrected chi connectivity index (χ3v) is 4.30. The second-order valence-corrected chi connectivity index (χ2v) is 6.26. The molecular weight excluding hydrogens is 290 g/mol. The molecule has 23 heavy (non-hydrogen) atoms. The number of carbonyl (C=O) groups is 1. The first-order chi connectivity index (χ1) is 11.0. The molecule has 0 aromatic rings. The summed E-state index contributed by atoms with van der Waals surface area (Å²) < 4.78 is 0.0993. The highest BCUT2D eigenvalue weighted by Gasteiger charge is 2.38. The SMILES string of the molecule is CCC/C=C/CCCCCCC1=NC=C[N+]1(CC(=O)[O-])C(C)N. The van der Waals surface area contributed by atoms with Crippen molar-refractivity contribution in [3.63, 3.8) is 0 Å². The molecule has 0 aromatic carbocycles. The number of aliphatic carboxylic acids is 1. The van der Waals surface area contributed by atoms with Gasteiger partial charge in [-0.25, -0.2) is 9.48 Å². The van der Waals surface area contributed by atoms with E-state index in [1.165, 1.54) is 25.7 Å². The van der Waals surface area contributed by atoms with Crippen LogP contribution in [-0.2, 0) is 4.79 Å². The monoisotopic (exact) mass is 321 g/mol. The van der Waals surface area contributed by atoms with Gasteiger partial charge in [0.1, 0.15) is 18.9 Å². The molecule has 0 aliphatic carbocycles. The van der Waals surface area contributed by atoms with Crippen molar-refractivity contribution in [3.05, 3.63) is 24.6 Å². The van der Waals surface area contributed by atoms with E-state index in [-0.39, 0.29) is 17.2 Å². The highest BCUT2D eigenvalue weighted by molar-refractivity contribution is 5.81. The van der Waals surface area contributed by atoms with Crippen molar-refractivity contribution in [3.8, 4) is 0 Å². The molecule has 0 saturated heterocycles. The van der Waals surface area contributed by atoms with Crippen molar-refractivity contribution in [1.82, 2.24) is 0 Å². The molecule has 0 saturated carbocycles. The molecule has 0 radical (unpaired) electrons. The lowest BCUT2D eigenvalue weighted by Crippen LogP contribution is -2.60. The Labute approximate surface area is 140 Å². The molecule has 1 rings (SSSR count). The summed E-state index contributed by atoms with van der Waals surface area (Å²) in [7, 11) is 0. The van der Waals surface area contributed by atoms with Gasteiger partial charge in [0.05, 0.1) is 12.2 Å². The molecule has 130 valence electrons. The van der Waals surface area contributed by atoms with Gasteiger partial charge < -0.3 is 9.90 Å². The number of nitrogens with zero attached hydrogens (tertiary/aromatic N) is 2. The van der Waals surface area contributed by atoms with Crippen LogP contribution in [-0.4, -0.2) is 29.0 Å². The van der Waals surface area contributed by atoms with Gasteiger partial charge in [0.15, 0.2) is 0 Å². The smallest absolute Gasteiger partial charge is 0.209 e. The predicted octanol–water partition coefficient (Wildman–Crippen LogP) is 2.44. The van der Waals surface area contributed by atoms with Crippen molar-refractivity contribution in [2.45, 2.75) is 71.4 Å².